The molecule has 1 aliphatic rings. The van der Waals surface area contributed by atoms with Crippen LogP contribution in [0.4, 0.5) is 13.2 Å². The molecule has 1 unspecified atom stereocenters. The van der Waals surface area contributed by atoms with Crippen molar-refractivity contribution in [2.75, 3.05) is 13.1 Å². The Morgan fingerprint density at radius 3 is 2.79 bits per heavy atom. The van der Waals surface area contributed by atoms with Gasteiger partial charge in [-0.05, 0) is 25.8 Å². The first-order chi connectivity index (χ1) is 8.89. The highest BCUT2D eigenvalue weighted by Gasteiger charge is 2.41. The molecule has 0 spiro atoms. The Morgan fingerprint density at radius 2 is 2.32 bits per heavy atom. The van der Waals surface area contributed by atoms with Crippen LogP contribution >= 0.6 is 11.3 Å². The number of nitrogens with zero attached hydrogens (tertiary/aromatic N) is 1. The van der Waals surface area contributed by atoms with Crippen molar-refractivity contribution in [3.8, 4) is 0 Å². The highest BCUT2D eigenvalue weighted by molar-refractivity contribution is 7.13. The van der Waals surface area contributed by atoms with Gasteiger partial charge in [0, 0.05) is 18.2 Å². The lowest BCUT2D eigenvalue weighted by Crippen LogP contribution is -2.44. The molecule has 1 fully saturated rings. The highest BCUT2D eigenvalue weighted by atomic mass is 32.1. The largest absolute Gasteiger partial charge is 0.443 e. The predicted octanol–water partition coefficient (Wildman–Crippen LogP) is 3.12. The van der Waals surface area contributed by atoms with Crippen LogP contribution in [0.15, 0.2) is 6.20 Å². The number of carbonyl (C=O) groups is 1. The van der Waals surface area contributed by atoms with E-state index >= 15 is 0 Å². The summed E-state index contributed by atoms with van der Waals surface area (Å²) in [6, 6.07) is 0. The number of carbonyl (C=O) groups excluding carboxylic acids is 1. The quantitative estimate of drug-likeness (QED) is 0.870. The van der Waals surface area contributed by atoms with Crippen LogP contribution in [-0.4, -0.2) is 23.9 Å². The molecule has 1 aliphatic heterocycles. The number of Topliss-reactive ketones (excluding diaryl/α,β-unsaturated/α-hetero) is 1. The number of alkyl halides is 3. The second-order valence-electron chi connectivity index (χ2n) is 4.77. The van der Waals surface area contributed by atoms with Gasteiger partial charge in [0.05, 0.1) is 4.88 Å². The van der Waals surface area contributed by atoms with E-state index in [-0.39, 0.29) is 10.7 Å². The average molecular weight is 292 g/mol. The molecule has 7 heteroatoms. The Kier molecular flexibility index (Phi) is 3.96. The molecule has 1 saturated heterocycles. The van der Waals surface area contributed by atoms with Crippen molar-refractivity contribution in [1.82, 2.24) is 10.3 Å². The van der Waals surface area contributed by atoms with Gasteiger partial charge in [0.2, 0.25) is 0 Å². The molecule has 0 radical (unpaired) electrons. The van der Waals surface area contributed by atoms with E-state index in [1.807, 2.05) is 6.92 Å². The minimum absolute atomic E-state index is 0.109. The van der Waals surface area contributed by atoms with Gasteiger partial charge in [-0.25, -0.2) is 4.98 Å². The number of ketones is 1. The number of aromatic nitrogens is 1. The number of hydrogen-bond donors (Lipinski definition) is 1. The van der Waals surface area contributed by atoms with Gasteiger partial charge in [0.15, 0.2) is 10.8 Å². The number of hydrogen-bond acceptors (Lipinski definition) is 4. The molecule has 2 rings (SSSR count). The second-order valence-corrected chi connectivity index (χ2v) is 5.80. The molecule has 0 aliphatic carbocycles. The molecule has 2 heterocycles. The molecule has 0 aromatic carbocycles. The third kappa shape index (κ3) is 2.81. The van der Waals surface area contributed by atoms with Crippen LogP contribution in [0, 0.1) is 5.41 Å². The van der Waals surface area contributed by atoms with Gasteiger partial charge in [-0.3, -0.25) is 4.79 Å². The summed E-state index contributed by atoms with van der Waals surface area (Å²) in [5, 5.41) is 2.20. The van der Waals surface area contributed by atoms with Crippen LogP contribution in [0.2, 0.25) is 0 Å². The van der Waals surface area contributed by atoms with E-state index in [9.17, 15) is 18.0 Å². The van der Waals surface area contributed by atoms with Crippen LogP contribution in [0.1, 0.15) is 40.9 Å². The summed E-state index contributed by atoms with van der Waals surface area (Å²) in [5.41, 5.74) is -0.576. The molecule has 0 bridgehead atoms. The van der Waals surface area contributed by atoms with Crippen molar-refractivity contribution in [3.63, 3.8) is 0 Å². The standard InChI is InChI=1S/C12H15F3N2OS/c1-2-11(4-3-5-16-7-11)9(18)8-6-17-10(19-8)12(13,14)15/h6,16H,2-5,7H2,1H3. The number of piperidine rings is 1. The Labute approximate surface area is 113 Å². The fourth-order valence-corrected chi connectivity index (χ4v) is 3.24. The molecule has 106 valence electrons. The van der Waals surface area contributed by atoms with E-state index in [0.717, 1.165) is 19.2 Å². The van der Waals surface area contributed by atoms with Crippen molar-refractivity contribution < 1.29 is 18.0 Å². The first kappa shape index (κ1) is 14.5. The van der Waals surface area contributed by atoms with Gasteiger partial charge in [-0.1, -0.05) is 6.92 Å². The van der Waals surface area contributed by atoms with Crippen LogP contribution in [0.5, 0.6) is 0 Å². The normalized spacial score (nSPS) is 24.4. The van der Waals surface area contributed by atoms with Crippen molar-refractivity contribution in [3.05, 3.63) is 16.1 Å². The Hall–Kier alpha value is -0.950. The van der Waals surface area contributed by atoms with Crippen molar-refractivity contribution in [1.29, 1.82) is 0 Å². The van der Waals surface area contributed by atoms with E-state index in [1.165, 1.54) is 0 Å². The van der Waals surface area contributed by atoms with Gasteiger partial charge < -0.3 is 5.32 Å². The minimum Gasteiger partial charge on any atom is -0.316 e. The molecule has 19 heavy (non-hydrogen) atoms. The second kappa shape index (κ2) is 5.20. The van der Waals surface area contributed by atoms with Gasteiger partial charge >= 0.3 is 6.18 Å². The van der Waals surface area contributed by atoms with E-state index in [4.69, 9.17) is 0 Å². The molecular weight excluding hydrogens is 277 g/mol. The molecular formula is C12H15F3N2OS. The SMILES string of the molecule is CCC1(C(=O)c2cnc(C(F)(F)F)s2)CCCNC1. The number of nitrogens with one attached hydrogen (secondary N) is 1. The van der Waals surface area contributed by atoms with Crippen molar-refractivity contribution in [2.24, 2.45) is 5.41 Å². The molecule has 3 nitrogen and oxygen atoms in total. The van der Waals surface area contributed by atoms with E-state index in [1.54, 1.807) is 0 Å². The number of rotatable bonds is 3. The zero-order chi connectivity index (χ0) is 14.1. The summed E-state index contributed by atoms with van der Waals surface area (Å²) < 4.78 is 37.5. The molecule has 0 saturated carbocycles. The zero-order valence-electron chi connectivity index (χ0n) is 10.5. The third-order valence-corrected chi connectivity index (χ3v) is 4.64. The molecule has 1 atom stereocenters. The molecule has 1 aromatic heterocycles. The van der Waals surface area contributed by atoms with E-state index in [2.05, 4.69) is 10.3 Å². The first-order valence-electron chi connectivity index (χ1n) is 6.17. The van der Waals surface area contributed by atoms with E-state index < -0.39 is 16.6 Å². The van der Waals surface area contributed by atoms with Gasteiger partial charge in [-0.2, -0.15) is 13.2 Å². The lowest BCUT2D eigenvalue weighted by Gasteiger charge is -2.34. The highest BCUT2D eigenvalue weighted by Crippen LogP contribution is 2.38. The number of halogens is 3. The lowest BCUT2D eigenvalue weighted by atomic mass is 9.74. The maximum absolute atomic E-state index is 12.5. The van der Waals surface area contributed by atoms with Gasteiger partial charge in [0.1, 0.15) is 0 Å². The first-order valence-corrected chi connectivity index (χ1v) is 6.99. The van der Waals surface area contributed by atoms with Crippen LogP contribution < -0.4 is 5.32 Å². The average Bonchev–Trinajstić information content (AvgIpc) is 2.88. The molecule has 1 N–H and O–H groups in total. The summed E-state index contributed by atoms with van der Waals surface area (Å²) in [6.07, 6.45) is -1.22. The topological polar surface area (TPSA) is 42.0 Å². The number of thiazole rings is 1. The maximum atomic E-state index is 12.5. The van der Waals surface area contributed by atoms with Gasteiger partial charge in [0.25, 0.3) is 0 Å². The van der Waals surface area contributed by atoms with Crippen LogP contribution in [0.3, 0.4) is 0 Å². The summed E-state index contributed by atoms with van der Waals surface area (Å²) >= 11 is 0.442. The fraction of sp³-hybridized carbons (Fsp3) is 0.667. The summed E-state index contributed by atoms with van der Waals surface area (Å²) in [6.45, 7) is 3.28. The van der Waals surface area contributed by atoms with E-state index in [0.29, 0.717) is 30.7 Å². The predicted molar refractivity (Wildman–Crippen MR) is 66.3 cm³/mol. The Balaban J connectivity index is 2.25. The smallest absolute Gasteiger partial charge is 0.316 e. The third-order valence-electron chi connectivity index (χ3n) is 3.60. The van der Waals surface area contributed by atoms with Crippen LogP contribution in [0.25, 0.3) is 0 Å². The zero-order valence-corrected chi connectivity index (χ0v) is 11.3. The molecule has 0 amide bonds. The van der Waals surface area contributed by atoms with Crippen molar-refractivity contribution in [2.45, 2.75) is 32.4 Å². The Morgan fingerprint density at radius 1 is 1.58 bits per heavy atom. The molecule has 1 aromatic rings. The minimum atomic E-state index is -4.48. The fourth-order valence-electron chi connectivity index (χ4n) is 2.40. The summed E-state index contributed by atoms with van der Waals surface area (Å²) in [4.78, 5) is 15.9. The summed E-state index contributed by atoms with van der Waals surface area (Å²) in [7, 11) is 0. The Bertz CT molecular complexity index is 464. The van der Waals surface area contributed by atoms with Gasteiger partial charge in [-0.15, -0.1) is 11.3 Å². The van der Waals surface area contributed by atoms with Crippen LogP contribution in [-0.2, 0) is 6.18 Å². The summed E-state index contributed by atoms with van der Waals surface area (Å²) in [5.74, 6) is -0.213. The monoisotopic (exact) mass is 292 g/mol. The maximum Gasteiger partial charge on any atom is 0.443 e. The van der Waals surface area contributed by atoms with Crippen molar-refractivity contribution >= 4 is 17.1 Å². The lowest BCUT2D eigenvalue weighted by molar-refractivity contribution is -0.137.